The Labute approximate surface area is 118 Å². The van der Waals surface area contributed by atoms with Crippen LogP contribution in [0.25, 0.3) is 0 Å². The molecule has 5 nitrogen and oxygen atoms in total. The molecule has 0 bridgehead atoms. The number of hydrogen-bond acceptors (Lipinski definition) is 3. The number of nitrogens with zero attached hydrogens (tertiary/aromatic N) is 2. The van der Waals surface area contributed by atoms with E-state index in [-0.39, 0.29) is 5.91 Å². The molecule has 20 heavy (non-hydrogen) atoms. The van der Waals surface area contributed by atoms with Gasteiger partial charge in [-0.3, -0.25) is 4.79 Å². The van der Waals surface area contributed by atoms with E-state index in [0.717, 1.165) is 30.0 Å². The van der Waals surface area contributed by atoms with Crippen LogP contribution in [0.3, 0.4) is 0 Å². The molecule has 3 N–H and O–H groups in total. The van der Waals surface area contributed by atoms with Crippen LogP contribution in [0.1, 0.15) is 24.2 Å². The molecule has 1 aromatic heterocycles. The second-order valence-electron chi connectivity index (χ2n) is 4.88. The first-order valence-electron chi connectivity index (χ1n) is 6.70. The van der Waals surface area contributed by atoms with Crippen LogP contribution in [-0.2, 0) is 11.3 Å². The number of amides is 1. The van der Waals surface area contributed by atoms with Gasteiger partial charge in [0.2, 0.25) is 5.91 Å². The molecule has 2 rings (SSSR count). The summed E-state index contributed by atoms with van der Waals surface area (Å²) >= 11 is 0. The Bertz CT molecular complexity index is 586. The van der Waals surface area contributed by atoms with Crippen LogP contribution in [0.2, 0.25) is 0 Å². The van der Waals surface area contributed by atoms with Crippen LogP contribution in [-0.4, -0.2) is 15.5 Å². The van der Waals surface area contributed by atoms with Crippen molar-refractivity contribution >= 4 is 17.3 Å². The van der Waals surface area contributed by atoms with E-state index >= 15 is 0 Å². The summed E-state index contributed by atoms with van der Waals surface area (Å²) in [4.78, 5) is 16.1. The zero-order valence-electron chi connectivity index (χ0n) is 11.9. The Kier molecular flexibility index (Phi) is 4.40. The van der Waals surface area contributed by atoms with E-state index in [0.29, 0.717) is 12.1 Å². The van der Waals surface area contributed by atoms with Gasteiger partial charge < -0.3 is 15.6 Å². The molecule has 0 spiro atoms. The largest absolute Gasteiger partial charge is 0.399 e. The fraction of sp³-hybridized carbons (Fsp3) is 0.333. The maximum absolute atomic E-state index is 11.8. The van der Waals surface area contributed by atoms with E-state index in [1.54, 1.807) is 24.3 Å². The van der Waals surface area contributed by atoms with Crippen molar-refractivity contribution in [2.24, 2.45) is 0 Å². The fourth-order valence-electron chi connectivity index (χ4n) is 1.97. The third kappa shape index (κ3) is 3.60. The fourth-order valence-corrected chi connectivity index (χ4v) is 1.97. The maximum Gasteiger partial charge on any atom is 0.224 e. The normalized spacial score (nSPS) is 10.5. The van der Waals surface area contributed by atoms with E-state index in [1.807, 2.05) is 20.2 Å². The average molecular weight is 272 g/mol. The van der Waals surface area contributed by atoms with Gasteiger partial charge in [0.15, 0.2) is 0 Å². The predicted molar refractivity (Wildman–Crippen MR) is 80.4 cm³/mol. The lowest BCUT2D eigenvalue weighted by Crippen LogP contribution is -2.12. The molecule has 0 aliphatic heterocycles. The number of aryl methyl sites for hydroxylation is 2. The summed E-state index contributed by atoms with van der Waals surface area (Å²) in [5.74, 6) is 0.0178. The SMILES string of the molecule is Cc1ncn(CCCC(=O)Nc2ccc(N)cc2)c1C. The molecule has 0 aliphatic carbocycles. The smallest absolute Gasteiger partial charge is 0.224 e. The van der Waals surface area contributed by atoms with Gasteiger partial charge in [-0.1, -0.05) is 0 Å². The number of nitrogens with two attached hydrogens (primary N) is 1. The lowest BCUT2D eigenvalue weighted by atomic mass is 10.2. The standard InChI is InChI=1S/C15H20N4O/c1-11-12(2)19(10-17-11)9-3-4-15(20)18-14-7-5-13(16)6-8-14/h5-8,10H,3-4,9,16H2,1-2H3,(H,18,20). The van der Waals surface area contributed by atoms with E-state index in [4.69, 9.17) is 5.73 Å². The van der Waals surface area contributed by atoms with Crippen LogP contribution in [0.4, 0.5) is 11.4 Å². The maximum atomic E-state index is 11.8. The number of carbonyl (C=O) groups excluding carboxylic acids is 1. The highest BCUT2D eigenvalue weighted by Gasteiger charge is 2.05. The van der Waals surface area contributed by atoms with Crippen molar-refractivity contribution in [2.75, 3.05) is 11.1 Å². The van der Waals surface area contributed by atoms with Crippen LogP contribution in [0.15, 0.2) is 30.6 Å². The van der Waals surface area contributed by atoms with Gasteiger partial charge in [-0.15, -0.1) is 0 Å². The second-order valence-corrected chi connectivity index (χ2v) is 4.88. The summed E-state index contributed by atoms with van der Waals surface area (Å²) in [6.45, 7) is 4.83. The van der Waals surface area contributed by atoms with Crippen LogP contribution < -0.4 is 11.1 Å². The molecule has 2 aromatic rings. The number of nitrogens with one attached hydrogen (secondary N) is 1. The minimum Gasteiger partial charge on any atom is -0.399 e. The van der Waals surface area contributed by atoms with Crippen molar-refractivity contribution in [3.63, 3.8) is 0 Å². The van der Waals surface area contributed by atoms with E-state index in [2.05, 4.69) is 14.9 Å². The number of anilines is 2. The number of imidazole rings is 1. The van der Waals surface area contributed by atoms with Gasteiger partial charge in [0.05, 0.1) is 12.0 Å². The Balaban J connectivity index is 1.78. The van der Waals surface area contributed by atoms with Crippen molar-refractivity contribution < 1.29 is 4.79 Å². The number of carbonyl (C=O) groups is 1. The van der Waals surface area contributed by atoms with Crippen molar-refractivity contribution in [3.05, 3.63) is 42.0 Å². The van der Waals surface area contributed by atoms with Crippen LogP contribution in [0.5, 0.6) is 0 Å². The molecule has 1 amide bonds. The number of hydrogen-bond donors (Lipinski definition) is 2. The summed E-state index contributed by atoms with van der Waals surface area (Å²) in [5, 5.41) is 2.86. The molecule has 0 aliphatic rings. The van der Waals surface area contributed by atoms with Gasteiger partial charge in [-0.25, -0.2) is 4.98 Å². The van der Waals surface area contributed by atoms with E-state index < -0.39 is 0 Å². The van der Waals surface area contributed by atoms with Gasteiger partial charge in [-0.2, -0.15) is 0 Å². The van der Waals surface area contributed by atoms with Crippen molar-refractivity contribution in [2.45, 2.75) is 33.2 Å². The molecule has 0 atom stereocenters. The minimum atomic E-state index is 0.0178. The summed E-state index contributed by atoms with van der Waals surface area (Å²) in [6.07, 6.45) is 3.10. The van der Waals surface area contributed by atoms with E-state index in [1.165, 1.54) is 0 Å². The Hall–Kier alpha value is -2.30. The zero-order chi connectivity index (χ0) is 14.5. The molecule has 0 saturated carbocycles. The molecule has 106 valence electrons. The monoisotopic (exact) mass is 272 g/mol. The first-order valence-corrected chi connectivity index (χ1v) is 6.70. The highest BCUT2D eigenvalue weighted by Crippen LogP contribution is 2.11. The van der Waals surface area contributed by atoms with Gasteiger partial charge in [0, 0.05) is 30.0 Å². The van der Waals surface area contributed by atoms with Crippen LogP contribution in [0, 0.1) is 13.8 Å². The predicted octanol–water partition coefficient (Wildman–Crippen LogP) is 2.50. The molecule has 0 saturated heterocycles. The topological polar surface area (TPSA) is 72.9 Å². The molecule has 0 fully saturated rings. The first-order chi connectivity index (χ1) is 9.56. The highest BCUT2D eigenvalue weighted by molar-refractivity contribution is 5.90. The summed E-state index contributed by atoms with van der Waals surface area (Å²) in [7, 11) is 0. The number of benzene rings is 1. The average Bonchev–Trinajstić information content (AvgIpc) is 2.73. The molecule has 0 unspecified atom stereocenters. The molecular weight excluding hydrogens is 252 g/mol. The number of rotatable bonds is 5. The van der Waals surface area contributed by atoms with Gasteiger partial charge in [0.25, 0.3) is 0 Å². The lowest BCUT2D eigenvalue weighted by Gasteiger charge is -2.07. The first kappa shape index (κ1) is 14.1. The molecule has 0 radical (unpaired) electrons. The third-order valence-electron chi connectivity index (χ3n) is 3.34. The van der Waals surface area contributed by atoms with Crippen LogP contribution >= 0.6 is 0 Å². The van der Waals surface area contributed by atoms with E-state index in [9.17, 15) is 4.79 Å². The highest BCUT2D eigenvalue weighted by atomic mass is 16.1. The lowest BCUT2D eigenvalue weighted by molar-refractivity contribution is -0.116. The molecule has 5 heteroatoms. The number of aromatic nitrogens is 2. The van der Waals surface area contributed by atoms with Gasteiger partial charge in [-0.05, 0) is 44.5 Å². The molecule has 1 aromatic carbocycles. The quantitative estimate of drug-likeness (QED) is 0.821. The van der Waals surface area contributed by atoms with Crippen molar-refractivity contribution in [3.8, 4) is 0 Å². The zero-order valence-corrected chi connectivity index (χ0v) is 11.9. The van der Waals surface area contributed by atoms with Crippen molar-refractivity contribution in [1.29, 1.82) is 0 Å². The molecule has 1 heterocycles. The Morgan fingerprint density at radius 2 is 2.00 bits per heavy atom. The van der Waals surface area contributed by atoms with Gasteiger partial charge >= 0.3 is 0 Å². The number of nitrogen functional groups attached to an aromatic ring is 1. The Morgan fingerprint density at radius 3 is 2.60 bits per heavy atom. The summed E-state index contributed by atoms with van der Waals surface area (Å²) in [5.41, 5.74) is 9.26. The summed E-state index contributed by atoms with van der Waals surface area (Å²) in [6, 6.07) is 7.15. The Morgan fingerprint density at radius 1 is 1.30 bits per heavy atom. The van der Waals surface area contributed by atoms with Gasteiger partial charge in [0.1, 0.15) is 0 Å². The summed E-state index contributed by atoms with van der Waals surface area (Å²) < 4.78 is 2.08. The third-order valence-corrected chi connectivity index (χ3v) is 3.34. The van der Waals surface area contributed by atoms with Crippen molar-refractivity contribution in [1.82, 2.24) is 9.55 Å². The molecular formula is C15H20N4O. The second kappa shape index (κ2) is 6.23. The minimum absolute atomic E-state index is 0.0178.